The number of nitrogens with zero attached hydrogens (tertiary/aromatic N) is 1. The van der Waals surface area contributed by atoms with E-state index in [-0.39, 0.29) is 47.1 Å². The summed E-state index contributed by atoms with van der Waals surface area (Å²) in [5.74, 6) is 0.157. The monoisotopic (exact) mass is 797 g/mol. The van der Waals surface area contributed by atoms with Gasteiger partial charge in [-0.2, -0.15) is 0 Å². The molecule has 0 aromatic heterocycles. The zero-order valence-corrected chi connectivity index (χ0v) is 40.6. The molecule has 0 bridgehead atoms. The smallest absolute Gasteiger partial charge is 0.184 e. The lowest BCUT2D eigenvalue weighted by atomic mass is 9.45. The Morgan fingerprint density at radius 1 is 0.827 bits per heavy atom. The van der Waals surface area contributed by atoms with E-state index in [0.29, 0.717) is 12.8 Å². The van der Waals surface area contributed by atoms with Gasteiger partial charge >= 0.3 is 0 Å². The Hall–Kier alpha value is -0.162. The van der Waals surface area contributed by atoms with Crippen molar-refractivity contribution in [3.05, 3.63) is 11.6 Å². The average molecular weight is 798 g/mol. The van der Waals surface area contributed by atoms with E-state index in [1.807, 2.05) is 6.92 Å². The molecule has 0 spiro atoms. The summed E-state index contributed by atoms with van der Waals surface area (Å²) in [5, 5.41) is 30.9. The summed E-state index contributed by atoms with van der Waals surface area (Å²) in [6.07, 6.45) is 8.14. The third kappa shape index (κ3) is 9.50. The summed E-state index contributed by atoms with van der Waals surface area (Å²) in [4.78, 5) is 5.55. The summed E-state index contributed by atoms with van der Waals surface area (Å²) in [5.41, 5.74) is -1.28. The first-order valence-electron chi connectivity index (χ1n) is 20.3. The van der Waals surface area contributed by atoms with Crippen molar-refractivity contribution >= 4 is 39.0 Å². The van der Waals surface area contributed by atoms with E-state index in [2.05, 4.69) is 112 Å². The van der Waals surface area contributed by atoms with E-state index < -0.39 is 49.9 Å². The number of fused-ring (bicyclic) bond motifs is 5. The molecule has 0 heterocycles. The third-order valence-corrected chi connectivity index (χ3v) is 16.9. The lowest BCUT2D eigenvalue weighted by Crippen LogP contribution is -2.64. The fourth-order valence-electron chi connectivity index (χ4n) is 11.1. The first kappa shape index (κ1) is 44.6. The van der Waals surface area contributed by atoms with Crippen LogP contribution in [0.15, 0.2) is 16.8 Å². The molecule has 10 atom stereocenters. The molecule has 302 valence electrons. The first-order valence-corrected chi connectivity index (χ1v) is 33.9. The van der Waals surface area contributed by atoms with Crippen LogP contribution in [0.3, 0.4) is 0 Å². The molecule has 0 aromatic rings. The molecule has 0 unspecified atom stereocenters. The van der Waals surface area contributed by atoms with Crippen LogP contribution in [0, 0.1) is 28.6 Å². The Labute approximate surface area is 322 Å². The van der Waals surface area contributed by atoms with Crippen molar-refractivity contribution in [1.29, 1.82) is 0 Å². The van der Waals surface area contributed by atoms with Crippen LogP contribution in [-0.4, -0.2) is 91.4 Å². The van der Waals surface area contributed by atoms with Crippen LogP contribution in [0.4, 0.5) is 0 Å². The van der Waals surface area contributed by atoms with E-state index in [4.69, 9.17) is 27.7 Å². The van der Waals surface area contributed by atoms with Crippen LogP contribution >= 0.6 is 0 Å². The molecule has 3 saturated carbocycles. The van der Waals surface area contributed by atoms with Crippen molar-refractivity contribution < 1.29 is 32.8 Å². The Morgan fingerprint density at radius 2 is 1.40 bits per heavy atom. The molecule has 0 aliphatic heterocycles. The molecule has 4 aliphatic carbocycles. The zero-order chi connectivity index (χ0) is 39.7. The predicted octanol–water partition coefficient (Wildman–Crippen LogP) is 9.72. The molecule has 0 saturated heterocycles. The van der Waals surface area contributed by atoms with Gasteiger partial charge in [0.25, 0.3) is 0 Å². The van der Waals surface area contributed by atoms with Gasteiger partial charge in [-0.15, -0.1) is 0 Å². The molecule has 4 rings (SSSR count). The van der Waals surface area contributed by atoms with Crippen molar-refractivity contribution in [1.82, 2.24) is 0 Å². The number of hydrogen-bond acceptors (Lipinski definition) is 8. The van der Waals surface area contributed by atoms with Gasteiger partial charge in [0.05, 0.1) is 40.8 Å². The second kappa shape index (κ2) is 14.7. The Bertz CT molecular complexity index is 1340. The lowest BCUT2D eigenvalue weighted by Gasteiger charge is -2.62. The van der Waals surface area contributed by atoms with Crippen molar-refractivity contribution in [2.24, 2.45) is 33.7 Å². The summed E-state index contributed by atoms with van der Waals surface area (Å²) in [6, 6.07) is 0. The SMILES string of the molecule is CO/N=C1/C=C2[C@H](CC[C@]3(C)[C@@H]([C@@](C)(O)[C@@H](CCC(C)(C)O[Si](C)(C)C)O[Si](C)(C)C)CC[C@@]23O)[C@@]2(C)C[C@H](O[Si](C)(C)C)[C@H](O[Si](C)(C)C)C[C@@H]12. The molecule has 52 heavy (non-hydrogen) atoms. The molecule has 8 nitrogen and oxygen atoms in total. The fraction of sp³-hybridized carbons (Fsp3) is 0.925. The normalized spacial score (nSPS) is 37.1. The number of allylic oxidation sites excluding steroid dienone is 1. The van der Waals surface area contributed by atoms with Gasteiger partial charge in [0.1, 0.15) is 7.11 Å². The second-order valence-electron chi connectivity index (χ2n) is 22.3. The number of oxime groups is 1. The quantitative estimate of drug-likeness (QED) is 0.133. The number of rotatable bonds is 14. The highest BCUT2D eigenvalue weighted by molar-refractivity contribution is 6.71. The summed E-state index contributed by atoms with van der Waals surface area (Å²) >= 11 is 0. The Kier molecular flexibility index (Phi) is 12.6. The largest absolute Gasteiger partial charge is 0.413 e. The Balaban J connectivity index is 1.74. The van der Waals surface area contributed by atoms with Gasteiger partial charge in [-0.25, -0.2) is 0 Å². The van der Waals surface area contributed by atoms with Gasteiger partial charge in [-0.05, 0) is 180 Å². The minimum Gasteiger partial charge on any atom is -0.413 e. The summed E-state index contributed by atoms with van der Waals surface area (Å²) in [7, 11) is -5.94. The van der Waals surface area contributed by atoms with Gasteiger partial charge < -0.3 is 32.8 Å². The van der Waals surface area contributed by atoms with Crippen molar-refractivity contribution in [3.63, 3.8) is 0 Å². The van der Waals surface area contributed by atoms with E-state index in [9.17, 15) is 10.2 Å². The highest BCUT2D eigenvalue weighted by Crippen LogP contribution is 2.69. The van der Waals surface area contributed by atoms with Gasteiger partial charge in [-0.3, -0.25) is 0 Å². The molecule has 4 aliphatic rings. The topological polar surface area (TPSA) is 99.0 Å². The molecule has 2 N–H and O–H groups in total. The van der Waals surface area contributed by atoms with E-state index in [0.717, 1.165) is 49.8 Å². The van der Waals surface area contributed by atoms with Crippen LogP contribution in [0.5, 0.6) is 0 Å². The first-order chi connectivity index (χ1) is 23.3. The second-order valence-corrected chi connectivity index (χ2v) is 40.1. The lowest BCUT2D eigenvalue weighted by molar-refractivity contribution is -0.167. The highest BCUT2D eigenvalue weighted by Gasteiger charge is 2.69. The van der Waals surface area contributed by atoms with Gasteiger partial charge in [0.2, 0.25) is 0 Å². The molecule has 12 heteroatoms. The fourth-order valence-corrected chi connectivity index (χ4v) is 16.4. The maximum Gasteiger partial charge on any atom is 0.184 e. The van der Waals surface area contributed by atoms with Crippen LogP contribution < -0.4 is 0 Å². The molecular formula is C40H79NO7Si4. The van der Waals surface area contributed by atoms with E-state index in [1.165, 1.54) is 0 Å². The highest BCUT2D eigenvalue weighted by atomic mass is 28.4. The molecule has 3 fully saturated rings. The predicted molar refractivity (Wildman–Crippen MR) is 225 cm³/mol. The minimum atomic E-state index is -2.04. The summed E-state index contributed by atoms with van der Waals surface area (Å²) in [6.45, 7) is 38.0. The maximum atomic E-state index is 13.3. The minimum absolute atomic E-state index is 0.000734. The molecule has 0 amide bonds. The van der Waals surface area contributed by atoms with Gasteiger partial charge in [0, 0.05) is 11.3 Å². The number of hydrogen-bond donors (Lipinski definition) is 2. The van der Waals surface area contributed by atoms with Gasteiger partial charge in [0.15, 0.2) is 33.3 Å². The standard InChI is InChI=1S/C40H79NO7Si4/c1-36(2,48-52(16,17)18)22-21-35(47-51(13,14)15)39(5,42)34-20-24-40(43)29-25-31(41-44-6)30-26-32(45-49(7,8)9)33(46-50(10,11)12)27-37(30,3)28(29)19-23-38(34,40)4/h25,28,30,32-35,42-43H,19-24,26-27H2,1-18H3/b41-31-/t28-,30-,32+,33-,34-,35+,37+,38+,39+,40+/m0/s1. The maximum absolute atomic E-state index is 13.3. The Morgan fingerprint density at radius 3 is 1.92 bits per heavy atom. The molecule has 0 radical (unpaired) electrons. The average Bonchev–Trinajstić information content (AvgIpc) is 3.20. The van der Waals surface area contributed by atoms with Crippen LogP contribution in [0.2, 0.25) is 78.6 Å². The van der Waals surface area contributed by atoms with E-state index in [1.54, 1.807) is 7.11 Å². The van der Waals surface area contributed by atoms with Crippen molar-refractivity contribution in [3.8, 4) is 0 Å². The van der Waals surface area contributed by atoms with Gasteiger partial charge in [-0.1, -0.05) is 19.0 Å². The number of aliphatic hydroxyl groups is 2. The third-order valence-electron chi connectivity index (χ3n) is 12.7. The molecular weight excluding hydrogens is 719 g/mol. The van der Waals surface area contributed by atoms with E-state index >= 15 is 0 Å². The van der Waals surface area contributed by atoms with Crippen molar-refractivity contribution in [2.75, 3.05) is 7.11 Å². The summed E-state index contributed by atoms with van der Waals surface area (Å²) < 4.78 is 27.4. The van der Waals surface area contributed by atoms with Crippen LogP contribution in [0.25, 0.3) is 0 Å². The molecule has 0 aromatic carbocycles. The van der Waals surface area contributed by atoms with Crippen LogP contribution in [0.1, 0.15) is 86.0 Å². The van der Waals surface area contributed by atoms with Crippen LogP contribution in [-0.2, 0) is 22.5 Å². The zero-order valence-electron chi connectivity index (χ0n) is 36.6. The van der Waals surface area contributed by atoms with Crippen molar-refractivity contribution in [2.45, 2.75) is 200 Å².